The molecule has 31 heteroatoms. The normalized spacial score (nSPS) is 13.7. The van der Waals surface area contributed by atoms with Gasteiger partial charge in [-0.25, -0.2) is 32.5 Å². The molecule has 8 aromatic rings. The van der Waals surface area contributed by atoms with E-state index in [9.17, 15) is 27.2 Å². The molecule has 19 nitrogen and oxygen atoms in total. The van der Waals surface area contributed by atoms with E-state index in [2.05, 4.69) is 98.9 Å². The molecule has 4 aliphatic rings. The van der Waals surface area contributed by atoms with Gasteiger partial charge in [-0.1, -0.05) is 19.6 Å². The van der Waals surface area contributed by atoms with Gasteiger partial charge >= 0.3 is 7.12 Å². The molecular weight excluding hydrogens is 1460 g/mol. The Hall–Kier alpha value is -6.63. The second-order valence-electron chi connectivity index (χ2n) is 18.1. The smallest absolute Gasteiger partial charge is 0.454 e. The lowest BCUT2D eigenvalue weighted by Crippen LogP contribution is -2.41. The number of nitrogens with zero attached hydrogens (tertiary/aromatic N) is 6. The predicted octanol–water partition coefficient (Wildman–Crippen LogP) is 14.1. The number of anilines is 3. The molecule has 12 rings (SSSR count). The highest BCUT2D eigenvalue weighted by Crippen LogP contribution is 2.43. The summed E-state index contributed by atoms with van der Waals surface area (Å²) in [5.41, 5.74) is 12.4. The highest BCUT2D eigenvalue weighted by molar-refractivity contribution is 9.13. The maximum Gasteiger partial charge on any atom is 0.516 e. The minimum atomic E-state index is -1.12. The van der Waals surface area contributed by atoms with Gasteiger partial charge in [0, 0.05) is 35.2 Å². The van der Waals surface area contributed by atoms with Crippen LogP contribution in [0.1, 0.15) is 55.8 Å². The van der Waals surface area contributed by atoms with Crippen LogP contribution >= 0.6 is 98.5 Å². The maximum absolute atomic E-state index is 13.7. The van der Waals surface area contributed by atoms with E-state index in [1.807, 2.05) is 52.0 Å². The van der Waals surface area contributed by atoms with Gasteiger partial charge in [0.15, 0.2) is 40.3 Å². The lowest BCUT2D eigenvalue weighted by molar-refractivity contribution is 0.00578. The summed E-state index contributed by atoms with van der Waals surface area (Å²) in [5.74, 6) is 0.326. The molecule has 1 saturated heterocycles. The Morgan fingerprint density at radius 2 is 0.907 bits per heavy atom. The van der Waals surface area contributed by atoms with Crippen LogP contribution in [-0.4, -0.2) is 85.1 Å². The van der Waals surface area contributed by atoms with Gasteiger partial charge in [-0.3, -0.25) is 24.5 Å². The fourth-order valence-corrected chi connectivity index (χ4v) is 9.02. The van der Waals surface area contributed by atoms with Crippen LogP contribution in [-0.2, 0) is 9.31 Å². The Morgan fingerprint density at radius 3 is 1.26 bits per heavy atom. The van der Waals surface area contributed by atoms with Crippen LogP contribution in [0.4, 0.5) is 35.0 Å². The van der Waals surface area contributed by atoms with Crippen molar-refractivity contribution in [3.63, 3.8) is 0 Å². The number of nitrogens with two attached hydrogens (primary N) is 2. The average Bonchev–Trinajstić information content (AvgIpc) is 2.02. The summed E-state index contributed by atoms with van der Waals surface area (Å²) in [6.45, 7) is 8.70. The van der Waals surface area contributed by atoms with E-state index in [0.29, 0.717) is 52.5 Å². The first-order valence-corrected chi connectivity index (χ1v) is 28.8. The molecule has 0 saturated carbocycles. The van der Waals surface area contributed by atoms with Gasteiger partial charge in [-0.15, -0.1) is 23.2 Å². The third-order valence-corrected chi connectivity index (χ3v) is 15.3. The third-order valence-electron chi connectivity index (χ3n) is 12.0. The van der Waals surface area contributed by atoms with Crippen LogP contribution in [0.15, 0.2) is 128 Å². The lowest BCUT2D eigenvalue weighted by Gasteiger charge is -2.32. The van der Waals surface area contributed by atoms with Crippen LogP contribution in [0.3, 0.4) is 0 Å². The number of fused-ring (bicyclic) bond motifs is 3. The molecule has 1 amide bonds. The first kappa shape index (κ1) is 68.5. The van der Waals surface area contributed by atoms with Crippen molar-refractivity contribution in [1.82, 2.24) is 29.9 Å². The quantitative estimate of drug-likeness (QED) is 0.0606. The standard InChI is InChI=1S/C18H10BrF2N3O3.C11H8BrN3O2.C10H16BN3O2.C7H4Br2O2.C7H3ClF2O.CH2Cl2.CH4/c19-10-5-15-14(26-8-27-15)4-9(10)13-6-23-16(7-22-13)24-18(25)17-11(20)2-1-3-12(17)21;12-7-2-10-9(16-5-17-10)1-6(7)8-3-15-11(13)4-14-8;1-9(2)10(3,4)16-11(15-9)7-5-14-8(12)6-13-7;8-4-1-6-7(2-5(4)9)11-3-10-6;8-7(11)6-4(9)2-1-3-5(6)10;2-1-3;/h1-7H,8H2,(H,23,24,25);1-4H,5H2,(H2,13,15);5-6H,1-4H3,(H2,12,14);1-2H,3H2;1-3H;1H2;1H4. The molecule has 3 aromatic heterocycles. The summed E-state index contributed by atoms with van der Waals surface area (Å²) < 4.78 is 99.2. The summed E-state index contributed by atoms with van der Waals surface area (Å²) in [7, 11) is -0.474. The largest absolute Gasteiger partial charge is 0.516 e. The fraction of sp³-hybridized carbons (Fsp3) is 0.200. The zero-order chi connectivity index (χ0) is 61.8. The highest BCUT2D eigenvalue weighted by Gasteiger charge is 2.52. The van der Waals surface area contributed by atoms with E-state index >= 15 is 0 Å². The summed E-state index contributed by atoms with van der Waals surface area (Å²) in [5, 5.41) is 1.40. The number of amides is 1. The monoisotopic (exact) mass is 1500 g/mol. The van der Waals surface area contributed by atoms with Crippen molar-refractivity contribution in [3.8, 4) is 57.0 Å². The number of carbonyl (C=O) groups is 2. The topological polar surface area (TPSA) is 249 Å². The SMILES string of the molecule is Brc1cc2c(cc1Br)OCO2.C.CC1(C)OB(c2cnc(N)cn2)OC1(C)C.ClCCl.Nc1cnc(-c2cc3c(cc2Br)OCO3)cn1.O=C(Cl)c1c(F)cccc1F.O=C(Nc1cnc(-c2cc3c(cc2Br)OCO3)cn1)c1c(F)cccc1F. The average molecular weight is 1510 g/mol. The van der Waals surface area contributed by atoms with Crippen molar-refractivity contribution in [2.75, 3.05) is 42.5 Å². The zero-order valence-electron chi connectivity index (χ0n) is 44.4. The van der Waals surface area contributed by atoms with Gasteiger partial charge in [0.1, 0.15) is 46.0 Å². The van der Waals surface area contributed by atoms with E-state index in [0.717, 1.165) is 76.7 Å². The van der Waals surface area contributed by atoms with E-state index in [1.54, 1.807) is 24.5 Å². The van der Waals surface area contributed by atoms with Crippen molar-refractivity contribution >= 4 is 140 Å². The predicted molar refractivity (Wildman–Crippen MR) is 331 cm³/mol. The Labute approximate surface area is 538 Å². The zero-order valence-corrected chi connectivity index (χ0v) is 53.0. The molecule has 0 unspecified atom stereocenters. The molecule has 0 spiro atoms. The van der Waals surface area contributed by atoms with Gasteiger partial charge in [0.05, 0.1) is 64.5 Å². The number of benzene rings is 5. The Kier molecular flexibility index (Phi) is 24.5. The molecule has 7 heterocycles. The highest BCUT2D eigenvalue weighted by atomic mass is 79.9. The molecule has 0 atom stereocenters. The van der Waals surface area contributed by atoms with E-state index in [4.69, 9.17) is 84.0 Å². The van der Waals surface area contributed by atoms with Crippen LogP contribution in [0.25, 0.3) is 22.5 Å². The number of nitrogens with one attached hydrogen (secondary N) is 1. The molecule has 1 fully saturated rings. The first-order valence-electron chi connectivity index (χ1n) is 24.2. The van der Waals surface area contributed by atoms with E-state index in [-0.39, 0.29) is 43.4 Å². The summed E-state index contributed by atoms with van der Waals surface area (Å²) in [4.78, 5) is 47.1. The van der Waals surface area contributed by atoms with E-state index in [1.165, 1.54) is 30.9 Å². The number of ether oxygens (including phenoxy) is 6. The van der Waals surface area contributed by atoms with Crippen LogP contribution < -0.4 is 50.8 Å². The summed E-state index contributed by atoms with van der Waals surface area (Å²) in [6.07, 6.45) is 8.94. The van der Waals surface area contributed by atoms with Crippen molar-refractivity contribution in [3.05, 3.63) is 162 Å². The molecule has 0 aliphatic carbocycles. The number of halogens is 11. The lowest BCUT2D eigenvalue weighted by atomic mass is 9.85. The molecule has 0 bridgehead atoms. The van der Waals surface area contributed by atoms with Gasteiger partial charge in [-0.05, 0) is 164 Å². The van der Waals surface area contributed by atoms with Crippen molar-refractivity contribution in [1.29, 1.82) is 0 Å². The number of hydrogen-bond acceptors (Lipinski definition) is 18. The second kappa shape index (κ2) is 30.8. The number of hydrogen-bond donors (Lipinski definition) is 3. The van der Waals surface area contributed by atoms with Gasteiger partial charge in [-0.2, -0.15) is 0 Å². The fourth-order valence-electron chi connectivity index (χ4n) is 7.14. The van der Waals surface area contributed by atoms with E-state index < -0.39 is 52.7 Å². The Morgan fingerprint density at radius 1 is 0.547 bits per heavy atom. The van der Waals surface area contributed by atoms with Crippen LogP contribution in [0, 0.1) is 23.3 Å². The summed E-state index contributed by atoms with van der Waals surface area (Å²) >= 11 is 28.1. The van der Waals surface area contributed by atoms with Gasteiger partial charge in [0.25, 0.3) is 11.1 Å². The number of carbonyl (C=O) groups excluding carboxylic acids is 2. The molecule has 86 heavy (non-hydrogen) atoms. The minimum Gasteiger partial charge on any atom is -0.454 e. The number of alkyl halides is 2. The number of nitrogen functional groups attached to an aromatic ring is 2. The number of rotatable bonds is 6. The molecular formula is C55H47BBr4Cl3F4N9O10. The van der Waals surface area contributed by atoms with Crippen molar-refractivity contribution in [2.24, 2.45) is 0 Å². The molecule has 5 N–H and O–H groups in total. The number of aromatic nitrogens is 6. The van der Waals surface area contributed by atoms with Crippen molar-refractivity contribution in [2.45, 2.75) is 46.3 Å². The maximum atomic E-state index is 13.7. The Balaban J connectivity index is 0.000000176. The summed E-state index contributed by atoms with van der Waals surface area (Å²) in [6, 6.07) is 17.3. The molecule has 0 radical (unpaired) electrons. The van der Waals surface area contributed by atoms with Gasteiger partial charge in [0.2, 0.25) is 20.4 Å². The first-order chi connectivity index (χ1) is 40.4. The third kappa shape index (κ3) is 17.5. The molecule has 5 aromatic carbocycles. The molecule has 4 aliphatic heterocycles. The van der Waals surface area contributed by atoms with Crippen molar-refractivity contribution < 1.29 is 64.9 Å². The van der Waals surface area contributed by atoms with Gasteiger partial charge < -0.3 is 54.5 Å². The second-order valence-corrected chi connectivity index (χ2v) is 22.6. The van der Waals surface area contributed by atoms with Crippen LogP contribution in [0.2, 0.25) is 0 Å². The van der Waals surface area contributed by atoms with Crippen LogP contribution in [0.5, 0.6) is 34.5 Å². The Bertz CT molecular complexity index is 3610. The molecule has 452 valence electrons. The minimum absolute atomic E-state index is 0.